The first kappa shape index (κ1) is 12.6. The van der Waals surface area contributed by atoms with Gasteiger partial charge in [0.25, 0.3) is 0 Å². The van der Waals surface area contributed by atoms with E-state index in [9.17, 15) is 0 Å². The molecule has 2 N–H and O–H groups in total. The van der Waals surface area contributed by atoms with E-state index in [0.717, 1.165) is 30.8 Å². The summed E-state index contributed by atoms with van der Waals surface area (Å²) in [6, 6.07) is 5.72. The van der Waals surface area contributed by atoms with E-state index in [1.165, 1.54) is 0 Å². The summed E-state index contributed by atoms with van der Waals surface area (Å²) in [5.41, 5.74) is 7.51. The molecule has 92 valence electrons. The molecule has 17 heavy (non-hydrogen) atoms. The van der Waals surface area contributed by atoms with Gasteiger partial charge in [-0.2, -0.15) is 0 Å². The van der Waals surface area contributed by atoms with E-state index in [0.29, 0.717) is 10.0 Å². The van der Waals surface area contributed by atoms with Crippen molar-refractivity contribution < 1.29 is 4.74 Å². The molecule has 0 amide bonds. The molecule has 1 aromatic rings. The molecule has 1 fully saturated rings. The summed E-state index contributed by atoms with van der Waals surface area (Å²) in [6.45, 7) is 1.79. The number of thiocarbonyl (C=S) groups is 1. The largest absolute Gasteiger partial charge is 0.389 e. The highest BCUT2D eigenvalue weighted by molar-refractivity contribution is 7.80. The Balaban J connectivity index is 2.33. The molecule has 1 atom stereocenters. The third kappa shape index (κ3) is 2.54. The van der Waals surface area contributed by atoms with Gasteiger partial charge in [0.2, 0.25) is 0 Å². The van der Waals surface area contributed by atoms with Crippen LogP contribution in [0.15, 0.2) is 18.2 Å². The third-order valence-electron chi connectivity index (χ3n) is 3.06. The summed E-state index contributed by atoms with van der Waals surface area (Å²) in [4.78, 5) is 2.56. The summed E-state index contributed by atoms with van der Waals surface area (Å²) >= 11 is 11.2. The molecule has 0 spiro atoms. The maximum Gasteiger partial charge on any atom is 0.107 e. The summed E-state index contributed by atoms with van der Waals surface area (Å²) in [5, 5.41) is 0.607. The fraction of sp³-hybridized carbons (Fsp3) is 0.417. The standard InChI is InChI=1S/C12H15ClN2OS/c1-16-8-5-6-15(7-8)10-4-2-3-9(13)11(10)12(14)17/h2-4,8H,5-7H2,1H3,(H2,14,17). The van der Waals surface area contributed by atoms with Crippen molar-refractivity contribution in [1.82, 2.24) is 0 Å². The van der Waals surface area contributed by atoms with Gasteiger partial charge < -0.3 is 15.4 Å². The first-order valence-electron chi connectivity index (χ1n) is 5.49. The molecule has 3 nitrogen and oxygen atoms in total. The van der Waals surface area contributed by atoms with E-state index in [-0.39, 0.29) is 6.10 Å². The molecule has 5 heteroatoms. The van der Waals surface area contributed by atoms with Crippen molar-refractivity contribution in [3.63, 3.8) is 0 Å². The van der Waals surface area contributed by atoms with Crippen LogP contribution in [0, 0.1) is 0 Å². The number of methoxy groups -OCH3 is 1. The Kier molecular flexibility index (Phi) is 3.86. The van der Waals surface area contributed by atoms with Crippen LogP contribution in [-0.4, -0.2) is 31.3 Å². The molecular formula is C12H15ClN2OS. The number of halogens is 1. The quantitative estimate of drug-likeness (QED) is 0.855. The van der Waals surface area contributed by atoms with Crippen molar-refractivity contribution >= 4 is 34.5 Å². The molecule has 1 aliphatic heterocycles. The lowest BCUT2D eigenvalue weighted by Gasteiger charge is -2.22. The second-order valence-corrected chi connectivity index (χ2v) is 4.94. The zero-order valence-corrected chi connectivity index (χ0v) is 11.2. The molecule has 1 aromatic carbocycles. The summed E-state index contributed by atoms with van der Waals surface area (Å²) in [5.74, 6) is 0. The lowest BCUT2D eigenvalue weighted by atomic mass is 10.1. The van der Waals surface area contributed by atoms with Crippen LogP contribution < -0.4 is 10.6 Å². The second kappa shape index (κ2) is 5.21. The van der Waals surface area contributed by atoms with Crippen LogP contribution in [0.5, 0.6) is 0 Å². The smallest absolute Gasteiger partial charge is 0.107 e. The van der Waals surface area contributed by atoms with E-state index in [4.69, 9.17) is 34.3 Å². The molecule has 1 heterocycles. The van der Waals surface area contributed by atoms with Gasteiger partial charge in [0.05, 0.1) is 16.7 Å². The minimum absolute atomic E-state index is 0.271. The number of anilines is 1. The highest BCUT2D eigenvalue weighted by atomic mass is 35.5. The van der Waals surface area contributed by atoms with Crippen LogP contribution in [0.25, 0.3) is 0 Å². The fourth-order valence-corrected chi connectivity index (χ4v) is 2.70. The average Bonchev–Trinajstić information content (AvgIpc) is 2.76. The van der Waals surface area contributed by atoms with Crippen LogP contribution in [0.3, 0.4) is 0 Å². The van der Waals surface area contributed by atoms with Gasteiger partial charge in [-0.15, -0.1) is 0 Å². The molecule has 2 rings (SSSR count). The number of hydrogen-bond acceptors (Lipinski definition) is 3. The predicted molar refractivity (Wildman–Crippen MR) is 75.0 cm³/mol. The maximum atomic E-state index is 6.15. The molecule has 0 aromatic heterocycles. The van der Waals surface area contributed by atoms with Crippen LogP contribution in [-0.2, 0) is 4.74 Å². The first-order valence-corrected chi connectivity index (χ1v) is 6.28. The average molecular weight is 271 g/mol. The predicted octanol–water partition coefficient (Wildman–Crippen LogP) is 2.20. The minimum Gasteiger partial charge on any atom is -0.389 e. The monoisotopic (exact) mass is 270 g/mol. The van der Waals surface area contributed by atoms with Crippen LogP contribution in [0.2, 0.25) is 5.02 Å². The number of benzene rings is 1. The molecule has 0 saturated carbocycles. The van der Waals surface area contributed by atoms with Crippen molar-refractivity contribution in [2.75, 3.05) is 25.1 Å². The van der Waals surface area contributed by atoms with Crippen LogP contribution in [0.1, 0.15) is 12.0 Å². The Hall–Kier alpha value is -0.840. The summed E-state index contributed by atoms with van der Waals surface area (Å²) in [6.07, 6.45) is 1.29. The molecule has 0 bridgehead atoms. The highest BCUT2D eigenvalue weighted by Gasteiger charge is 2.25. The van der Waals surface area contributed by atoms with Gasteiger partial charge in [0.1, 0.15) is 4.99 Å². The number of nitrogens with zero attached hydrogens (tertiary/aromatic N) is 1. The molecule has 1 saturated heterocycles. The highest BCUT2D eigenvalue weighted by Crippen LogP contribution is 2.30. The van der Waals surface area contributed by atoms with Crippen molar-refractivity contribution in [3.05, 3.63) is 28.8 Å². The van der Waals surface area contributed by atoms with Crippen molar-refractivity contribution in [2.24, 2.45) is 5.73 Å². The van der Waals surface area contributed by atoms with Crippen molar-refractivity contribution in [1.29, 1.82) is 0 Å². The number of hydrogen-bond donors (Lipinski definition) is 1. The summed E-state index contributed by atoms with van der Waals surface area (Å²) in [7, 11) is 1.74. The Morgan fingerprint density at radius 1 is 1.59 bits per heavy atom. The Bertz CT molecular complexity index is 439. The maximum absolute atomic E-state index is 6.15. The molecule has 1 unspecified atom stereocenters. The van der Waals surface area contributed by atoms with E-state index in [2.05, 4.69) is 4.90 Å². The van der Waals surface area contributed by atoms with E-state index >= 15 is 0 Å². The summed E-state index contributed by atoms with van der Waals surface area (Å²) < 4.78 is 5.35. The number of nitrogens with two attached hydrogens (primary N) is 1. The van der Waals surface area contributed by atoms with Crippen LogP contribution in [0.4, 0.5) is 5.69 Å². The molecule has 0 aliphatic carbocycles. The normalized spacial score (nSPS) is 19.6. The van der Waals surface area contributed by atoms with Gasteiger partial charge in [-0.25, -0.2) is 0 Å². The van der Waals surface area contributed by atoms with Gasteiger partial charge >= 0.3 is 0 Å². The van der Waals surface area contributed by atoms with E-state index < -0.39 is 0 Å². The van der Waals surface area contributed by atoms with E-state index in [1.807, 2.05) is 18.2 Å². The van der Waals surface area contributed by atoms with Gasteiger partial charge in [0, 0.05) is 25.9 Å². The van der Waals surface area contributed by atoms with Crippen molar-refractivity contribution in [2.45, 2.75) is 12.5 Å². The number of rotatable bonds is 3. The third-order valence-corrected chi connectivity index (χ3v) is 3.58. The lowest BCUT2D eigenvalue weighted by Crippen LogP contribution is -2.25. The molecule has 1 aliphatic rings. The van der Waals surface area contributed by atoms with Gasteiger partial charge in [-0.05, 0) is 18.6 Å². The van der Waals surface area contributed by atoms with Gasteiger partial charge in [0.15, 0.2) is 0 Å². The van der Waals surface area contributed by atoms with E-state index in [1.54, 1.807) is 7.11 Å². The first-order chi connectivity index (χ1) is 8.13. The Morgan fingerprint density at radius 2 is 2.35 bits per heavy atom. The fourth-order valence-electron chi connectivity index (χ4n) is 2.16. The molecular weight excluding hydrogens is 256 g/mol. The van der Waals surface area contributed by atoms with Gasteiger partial charge in [-0.1, -0.05) is 29.9 Å². The van der Waals surface area contributed by atoms with Gasteiger partial charge in [-0.3, -0.25) is 0 Å². The zero-order valence-electron chi connectivity index (χ0n) is 9.65. The SMILES string of the molecule is COC1CCN(c2cccc(Cl)c2C(N)=S)C1. The zero-order chi connectivity index (χ0) is 12.4. The van der Waals surface area contributed by atoms with Crippen molar-refractivity contribution in [3.8, 4) is 0 Å². The minimum atomic E-state index is 0.271. The topological polar surface area (TPSA) is 38.5 Å². The Morgan fingerprint density at radius 3 is 2.94 bits per heavy atom. The second-order valence-electron chi connectivity index (χ2n) is 4.09. The van der Waals surface area contributed by atoms with Crippen LogP contribution >= 0.6 is 23.8 Å². The number of ether oxygens (including phenoxy) is 1. The molecule has 0 radical (unpaired) electrons. The Labute approximate surface area is 111 Å². The lowest BCUT2D eigenvalue weighted by molar-refractivity contribution is 0.121.